The van der Waals surface area contributed by atoms with E-state index >= 15 is 0 Å². The van der Waals surface area contributed by atoms with Crippen molar-refractivity contribution in [3.8, 4) is 0 Å². The molecule has 0 aliphatic heterocycles. The molecule has 2 aliphatic rings. The van der Waals surface area contributed by atoms with Gasteiger partial charge in [-0.3, -0.25) is 0 Å². The fourth-order valence-corrected chi connectivity index (χ4v) is 3.93. The predicted octanol–water partition coefficient (Wildman–Crippen LogP) is 2.20. The molecule has 4 heteroatoms. The van der Waals surface area contributed by atoms with Gasteiger partial charge in [-0.1, -0.05) is 12.1 Å². The number of aliphatic hydroxyl groups excluding tert-OH is 2. The summed E-state index contributed by atoms with van der Waals surface area (Å²) in [6, 6.07) is 11.2. The fourth-order valence-electron chi connectivity index (χ4n) is 3.93. The molecule has 0 fully saturated rings. The first-order valence-corrected chi connectivity index (χ1v) is 7.21. The van der Waals surface area contributed by atoms with Gasteiger partial charge in [0.25, 0.3) is 0 Å². The lowest BCUT2D eigenvalue weighted by Crippen LogP contribution is -2.31. The molecular formula is C17H18N2O2. The van der Waals surface area contributed by atoms with Crippen molar-refractivity contribution in [1.82, 2.24) is 0 Å². The van der Waals surface area contributed by atoms with E-state index < -0.39 is 12.2 Å². The minimum absolute atomic E-state index is 0.0108. The number of rotatable bonds is 0. The summed E-state index contributed by atoms with van der Waals surface area (Å²) in [5.41, 5.74) is 16.7. The first-order chi connectivity index (χ1) is 10.1. The van der Waals surface area contributed by atoms with Crippen LogP contribution in [0, 0.1) is 0 Å². The molecule has 6 N–H and O–H groups in total. The van der Waals surface area contributed by atoms with E-state index in [1.54, 1.807) is 0 Å². The Kier molecular flexibility index (Phi) is 2.55. The molecule has 2 bridgehead atoms. The molecule has 0 aromatic heterocycles. The van der Waals surface area contributed by atoms with E-state index in [0.717, 1.165) is 28.7 Å². The monoisotopic (exact) mass is 282 g/mol. The Hall–Kier alpha value is -2.04. The van der Waals surface area contributed by atoms with E-state index in [4.69, 9.17) is 11.5 Å². The average molecular weight is 282 g/mol. The van der Waals surface area contributed by atoms with Gasteiger partial charge in [0.2, 0.25) is 0 Å². The summed E-state index contributed by atoms with van der Waals surface area (Å²) in [5.74, 6) is -0.0217. The lowest BCUT2D eigenvalue weighted by atomic mass is 9.64. The number of nitrogen functional groups attached to an aromatic ring is 2. The van der Waals surface area contributed by atoms with E-state index in [0.29, 0.717) is 11.4 Å². The maximum Gasteiger partial charge on any atom is 0.0862 e. The normalized spacial score (nSPS) is 29.6. The minimum Gasteiger partial charge on any atom is -0.399 e. The highest BCUT2D eigenvalue weighted by Gasteiger charge is 2.43. The lowest BCUT2D eigenvalue weighted by molar-refractivity contribution is 0.0680. The third kappa shape index (κ3) is 1.69. The number of hydrogen-bond donors (Lipinski definition) is 4. The number of aliphatic hydroxyl groups is 2. The van der Waals surface area contributed by atoms with Crippen LogP contribution in [0.25, 0.3) is 0 Å². The molecule has 2 aromatic rings. The van der Waals surface area contributed by atoms with Crippen LogP contribution in [0.15, 0.2) is 36.4 Å². The second kappa shape index (κ2) is 4.23. The Bertz CT molecular complexity index is 667. The van der Waals surface area contributed by atoms with Crippen LogP contribution in [0.2, 0.25) is 0 Å². The molecule has 2 aliphatic carbocycles. The molecule has 2 aromatic carbocycles. The van der Waals surface area contributed by atoms with Crippen LogP contribution in [0.4, 0.5) is 11.4 Å². The van der Waals surface area contributed by atoms with Crippen molar-refractivity contribution < 1.29 is 10.2 Å². The summed E-state index contributed by atoms with van der Waals surface area (Å²) < 4.78 is 0. The van der Waals surface area contributed by atoms with Crippen LogP contribution < -0.4 is 11.5 Å². The first-order valence-electron chi connectivity index (χ1n) is 7.21. The molecule has 0 spiro atoms. The molecule has 21 heavy (non-hydrogen) atoms. The van der Waals surface area contributed by atoms with Gasteiger partial charge in [-0.05, 0) is 52.9 Å². The highest BCUT2D eigenvalue weighted by molar-refractivity contribution is 5.55. The Morgan fingerprint density at radius 2 is 1.14 bits per heavy atom. The highest BCUT2D eigenvalue weighted by Crippen LogP contribution is 2.56. The van der Waals surface area contributed by atoms with Crippen LogP contribution in [0.3, 0.4) is 0 Å². The summed E-state index contributed by atoms with van der Waals surface area (Å²) in [7, 11) is 0. The number of benzene rings is 2. The molecule has 0 heterocycles. The third-order valence-electron chi connectivity index (χ3n) is 4.93. The van der Waals surface area contributed by atoms with Gasteiger partial charge in [-0.15, -0.1) is 0 Å². The quantitative estimate of drug-likeness (QED) is 0.557. The number of anilines is 2. The van der Waals surface area contributed by atoms with Crippen molar-refractivity contribution in [1.29, 1.82) is 0 Å². The van der Waals surface area contributed by atoms with Crippen molar-refractivity contribution in [3.63, 3.8) is 0 Å². The Morgan fingerprint density at radius 1 is 0.714 bits per heavy atom. The zero-order chi connectivity index (χ0) is 14.7. The van der Waals surface area contributed by atoms with Gasteiger partial charge in [0.05, 0.1) is 12.2 Å². The fraction of sp³-hybridized carbons (Fsp3) is 0.294. The smallest absolute Gasteiger partial charge is 0.0862 e. The molecule has 4 nitrogen and oxygen atoms in total. The summed E-state index contributed by atoms with van der Waals surface area (Å²) in [6.07, 6.45) is -0.430. The molecule has 0 radical (unpaired) electrons. The Labute approximate surface area is 123 Å². The van der Waals surface area contributed by atoms with E-state index in [9.17, 15) is 10.2 Å². The van der Waals surface area contributed by atoms with Crippen molar-refractivity contribution in [2.45, 2.75) is 30.5 Å². The van der Waals surface area contributed by atoms with Gasteiger partial charge >= 0.3 is 0 Å². The topological polar surface area (TPSA) is 92.5 Å². The predicted molar refractivity (Wildman–Crippen MR) is 81.7 cm³/mol. The minimum atomic E-state index is -0.588. The first kappa shape index (κ1) is 12.7. The summed E-state index contributed by atoms with van der Waals surface area (Å²) in [6.45, 7) is 0. The summed E-state index contributed by atoms with van der Waals surface area (Å²) in [4.78, 5) is 0. The number of hydrogen-bond acceptors (Lipinski definition) is 4. The average Bonchev–Trinajstić information content (AvgIpc) is 2.47. The van der Waals surface area contributed by atoms with Crippen LogP contribution in [0.1, 0.15) is 52.7 Å². The molecule has 0 saturated heterocycles. The zero-order valence-corrected chi connectivity index (χ0v) is 11.5. The van der Waals surface area contributed by atoms with Gasteiger partial charge in [0.1, 0.15) is 0 Å². The summed E-state index contributed by atoms with van der Waals surface area (Å²) >= 11 is 0. The molecular weight excluding hydrogens is 264 g/mol. The molecule has 0 unspecified atom stereocenters. The van der Waals surface area contributed by atoms with Crippen molar-refractivity contribution in [2.24, 2.45) is 0 Å². The van der Waals surface area contributed by atoms with Crippen LogP contribution in [-0.4, -0.2) is 10.2 Å². The Morgan fingerprint density at radius 3 is 1.57 bits per heavy atom. The highest BCUT2D eigenvalue weighted by atomic mass is 16.3. The largest absolute Gasteiger partial charge is 0.399 e. The molecule has 108 valence electrons. The second-order valence-corrected chi connectivity index (χ2v) is 6.12. The van der Waals surface area contributed by atoms with Crippen molar-refractivity contribution in [2.75, 3.05) is 11.5 Å². The van der Waals surface area contributed by atoms with Gasteiger partial charge in [0.15, 0.2) is 0 Å². The standard InChI is InChI=1S/C17H18N2O2/c18-8-1-3-10-12(5-8)16(20)15-7-14(10)17(21)13-6-9(19)2-4-11(13)15/h1-6,14-17,20-21H,7,18-19H2/t14-,15-,16-,17-/m1/s1. The van der Waals surface area contributed by atoms with E-state index in [1.807, 2.05) is 36.4 Å². The van der Waals surface area contributed by atoms with Crippen molar-refractivity contribution >= 4 is 11.4 Å². The van der Waals surface area contributed by atoms with Crippen LogP contribution in [0.5, 0.6) is 0 Å². The van der Waals surface area contributed by atoms with Gasteiger partial charge in [-0.2, -0.15) is 0 Å². The van der Waals surface area contributed by atoms with Gasteiger partial charge in [0, 0.05) is 23.2 Å². The van der Waals surface area contributed by atoms with Gasteiger partial charge in [-0.25, -0.2) is 0 Å². The SMILES string of the molecule is Nc1ccc2c(c1)[C@@H](O)[C@@H]1C[C@H]2[C@H](O)c2cc(N)ccc21. The third-order valence-corrected chi connectivity index (χ3v) is 4.93. The lowest BCUT2D eigenvalue weighted by Gasteiger charge is -2.43. The maximum absolute atomic E-state index is 10.7. The molecule has 0 amide bonds. The van der Waals surface area contributed by atoms with Gasteiger partial charge < -0.3 is 21.7 Å². The second-order valence-electron chi connectivity index (χ2n) is 6.12. The van der Waals surface area contributed by atoms with Crippen LogP contribution >= 0.6 is 0 Å². The molecule has 4 rings (SSSR count). The zero-order valence-electron chi connectivity index (χ0n) is 11.5. The van der Waals surface area contributed by atoms with E-state index in [2.05, 4.69) is 0 Å². The van der Waals surface area contributed by atoms with Crippen molar-refractivity contribution in [3.05, 3.63) is 58.7 Å². The van der Waals surface area contributed by atoms with E-state index in [1.165, 1.54) is 0 Å². The van der Waals surface area contributed by atoms with Crippen LogP contribution in [-0.2, 0) is 0 Å². The Balaban J connectivity index is 1.93. The maximum atomic E-state index is 10.7. The molecule has 0 saturated carbocycles. The number of fused-ring (bicyclic) bond motifs is 6. The molecule has 4 atom stereocenters. The van der Waals surface area contributed by atoms with E-state index in [-0.39, 0.29) is 11.8 Å². The summed E-state index contributed by atoms with van der Waals surface area (Å²) in [5, 5.41) is 21.5. The number of nitrogens with two attached hydrogens (primary N) is 2.